The summed E-state index contributed by atoms with van der Waals surface area (Å²) in [6.45, 7) is 1.89. The molecule has 3 aromatic rings. The Hall–Kier alpha value is -2.32. The minimum atomic E-state index is -0.353. The molecule has 1 fully saturated rings. The molecule has 5 rings (SSSR count). The molecule has 0 spiro atoms. The lowest BCUT2D eigenvalue weighted by Gasteiger charge is -2.18. The summed E-state index contributed by atoms with van der Waals surface area (Å²) in [5.41, 5.74) is 1.86. The van der Waals surface area contributed by atoms with E-state index < -0.39 is 0 Å². The molecule has 2 aliphatic rings. The molecule has 8 heteroatoms. The second-order valence-electron chi connectivity index (χ2n) is 8.87. The normalized spacial score (nSPS) is 17.2. The van der Waals surface area contributed by atoms with Gasteiger partial charge in [0.05, 0.1) is 23.4 Å². The summed E-state index contributed by atoms with van der Waals surface area (Å²) in [5, 5.41) is 4.13. The molecule has 33 heavy (non-hydrogen) atoms. The number of methoxy groups -OCH3 is 1. The molecular weight excluding hydrogens is 454 g/mol. The highest BCUT2D eigenvalue weighted by molar-refractivity contribution is 8.00. The fourth-order valence-electron chi connectivity index (χ4n) is 4.82. The number of rotatable bonds is 6. The van der Waals surface area contributed by atoms with Crippen molar-refractivity contribution in [1.29, 1.82) is 0 Å². The van der Waals surface area contributed by atoms with Crippen molar-refractivity contribution in [3.63, 3.8) is 0 Å². The van der Waals surface area contributed by atoms with Gasteiger partial charge in [0, 0.05) is 10.9 Å². The number of nitrogens with one attached hydrogen (secondary N) is 1. The number of aryl methyl sites for hydroxylation is 2. The van der Waals surface area contributed by atoms with E-state index >= 15 is 0 Å². The van der Waals surface area contributed by atoms with Crippen molar-refractivity contribution in [3.05, 3.63) is 45.1 Å². The van der Waals surface area contributed by atoms with Gasteiger partial charge in [0.25, 0.3) is 5.56 Å². The van der Waals surface area contributed by atoms with Gasteiger partial charge in [-0.05, 0) is 75.3 Å². The van der Waals surface area contributed by atoms with Crippen LogP contribution in [0.4, 0.5) is 0 Å². The van der Waals surface area contributed by atoms with E-state index in [0.29, 0.717) is 5.16 Å². The summed E-state index contributed by atoms with van der Waals surface area (Å²) < 4.78 is 6.97. The van der Waals surface area contributed by atoms with Gasteiger partial charge in [-0.25, -0.2) is 4.98 Å². The summed E-state index contributed by atoms with van der Waals surface area (Å²) in [6, 6.07) is 7.71. The van der Waals surface area contributed by atoms with Crippen molar-refractivity contribution < 1.29 is 9.53 Å². The standard InChI is InChI=1S/C25H29N3O3S2/c1-15(22(29)26-16-7-3-4-8-16)32-25-27-23-21(19-9-5-6-10-20(19)33-23)24(30)28(25)17-11-13-18(31-2)14-12-17/h11-16H,3-10H2,1-2H3,(H,26,29). The zero-order chi connectivity index (χ0) is 22.9. The van der Waals surface area contributed by atoms with Crippen molar-refractivity contribution in [3.8, 4) is 11.4 Å². The highest BCUT2D eigenvalue weighted by atomic mass is 32.2. The van der Waals surface area contributed by atoms with Crippen LogP contribution in [0.5, 0.6) is 5.75 Å². The van der Waals surface area contributed by atoms with Gasteiger partial charge in [0.2, 0.25) is 5.91 Å². The fraction of sp³-hybridized carbons (Fsp3) is 0.480. The number of fused-ring (bicyclic) bond motifs is 3. The second kappa shape index (κ2) is 9.50. The topological polar surface area (TPSA) is 73.2 Å². The van der Waals surface area contributed by atoms with Crippen molar-refractivity contribution in [1.82, 2.24) is 14.9 Å². The first kappa shape index (κ1) is 22.5. The maximum Gasteiger partial charge on any atom is 0.267 e. The maximum absolute atomic E-state index is 13.9. The largest absolute Gasteiger partial charge is 0.497 e. The van der Waals surface area contributed by atoms with E-state index in [9.17, 15) is 9.59 Å². The molecule has 1 unspecified atom stereocenters. The number of carbonyl (C=O) groups is 1. The number of thiophene rings is 1. The minimum absolute atomic E-state index is 0.00741. The number of hydrogen-bond acceptors (Lipinski definition) is 6. The van der Waals surface area contributed by atoms with Crippen LogP contribution in [0.25, 0.3) is 15.9 Å². The molecule has 1 N–H and O–H groups in total. The SMILES string of the molecule is COc1ccc(-n2c(SC(C)C(=O)NC3CCCC3)nc3sc4c(c3c2=O)CCCC4)cc1. The summed E-state index contributed by atoms with van der Waals surface area (Å²) in [5.74, 6) is 0.736. The average molecular weight is 484 g/mol. The van der Waals surface area contributed by atoms with Crippen LogP contribution in [-0.2, 0) is 17.6 Å². The highest BCUT2D eigenvalue weighted by Gasteiger charge is 2.26. The van der Waals surface area contributed by atoms with Gasteiger partial charge in [-0.1, -0.05) is 24.6 Å². The lowest BCUT2D eigenvalue weighted by atomic mass is 9.97. The minimum Gasteiger partial charge on any atom is -0.497 e. The molecule has 2 aromatic heterocycles. The highest BCUT2D eigenvalue weighted by Crippen LogP contribution is 2.36. The molecule has 174 valence electrons. The fourth-order valence-corrected chi connectivity index (χ4v) is 7.06. The van der Waals surface area contributed by atoms with Gasteiger partial charge >= 0.3 is 0 Å². The Kier molecular flexibility index (Phi) is 6.47. The lowest BCUT2D eigenvalue weighted by molar-refractivity contribution is -0.120. The molecular formula is C25H29N3O3S2. The molecule has 1 aromatic carbocycles. The Bertz CT molecular complexity index is 1230. The van der Waals surface area contributed by atoms with Crippen molar-refractivity contribution in [2.45, 2.75) is 74.7 Å². The molecule has 1 saturated carbocycles. The number of ether oxygens (including phenoxy) is 1. The predicted molar refractivity (Wildman–Crippen MR) is 134 cm³/mol. The van der Waals surface area contributed by atoms with Gasteiger partial charge < -0.3 is 10.1 Å². The predicted octanol–water partition coefficient (Wildman–Crippen LogP) is 4.87. The van der Waals surface area contributed by atoms with Crippen LogP contribution in [0, 0.1) is 0 Å². The van der Waals surface area contributed by atoms with E-state index in [0.717, 1.165) is 60.2 Å². The van der Waals surface area contributed by atoms with Crippen molar-refractivity contribution in [2.24, 2.45) is 0 Å². The Morgan fingerprint density at radius 1 is 1.18 bits per heavy atom. The molecule has 6 nitrogen and oxygen atoms in total. The second-order valence-corrected chi connectivity index (χ2v) is 11.3. The maximum atomic E-state index is 13.9. The zero-order valence-electron chi connectivity index (χ0n) is 19.1. The van der Waals surface area contributed by atoms with Crippen LogP contribution in [0.3, 0.4) is 0 Å². The third kappa shape index (κ3) is 4.43. The number of aromatic nitrogens is 2. The number of thioether (sulfide) groups is 1. The van der Waals surface area contributed by atoms with Crippen LogP contribution in [-0.4, -0.2) is 33.9 Å². The summed E-state index contributed by atoms with van der Waals surface area (Å²) in [7, 11) is 1.62. The van der Waals surface area contributed by atoms with Crippen molar-refractivity contribution >= 4 is 39.2 Å². The molecule has 1 amide bonds. The van der Waals surface area contributed by atoms with Crippen LogP contribution in [0.1, 0.15) is 55.9 Å². The third-order valence-corrected chi connectivity index (χ3v) is 8.88. The molecule has 2 aliphatic carbocycles. The van der Waals surface area contributed by atoms with E-state index in [1.807, 2.05) is 31.2 Å². The first-order valence-corrected chi connectivity index (χ1v) is 13.4. The van der Waals surface area contributed by atoms with Gasteiger partial charge in [0.1, 0.15) is 10.6 Å². The number of amides is 1. The summed E-state index contributed by atoms with van der Waals surface area (Å²) >= 11 is 3.00. The zero-order valence-corrected chi connectivity index (χ0v) is 20.7. The number of carbonyl (C=O) groups excluding carboxylic acids is 1. The van der Waals surface area contributed by atoms with Crippen LogP contribution in [0.15, 0.2) is 34.2 Å². The number of hydrogen-bond donors (Lipinski definition) is 1. The first-order valence-electron chi connectivity index (χ1n) is 11.7. The molecule has 2 heterocycles. The van der Waals surface area contributed by atoms with Crippen LogP contribution >= 0.6 is 23.1 Å². The smallest absolute Gasteiger partial charge is 0.267 e. The molecule has 0 aliphatic heterocycles. The lowest BCUT2D eigenvalue weighted by Crippen LogP contribution is -2.38. The van der Waals surface area contributed by atoms with E-state index in [1.54, 1.807) is 23.0 Å². The van der Waals surface area contributed by atoms with Crippen LogP contribution < -0.4 is 15.6 Å². The monoisotopic (exact) mass is 483 g/mol. The van der Waals surface area contributed by atoms with Gasteiger partial charge in [-0.15, -0.1) is 11.3 Å². The van der Waals surface area contributed by atoms with Gasteiger partial charge in [-0.3, -0.25) is 14.2 Å². The van der Waals surface area contributed by atoms with Gasteiger partial charge in [-0.2, -0.15) is 0 Å². The third-order valence-electron chi connectivity index (χ3n) is 6.64. The molecule has 0 radical (unpaired) electrons. The molecule has 0 saturated heterocycles. The molecule has 0 bridgehead atoms. The van der Waals surface area contributed by atoms with E-state index in [1.165, 1.54) is 35.0 Å². The average Bonchev–Trinajstić information content (AvgIpc) is 3.46. The quantitative estimate of drug-likeness (QED) is 0.400. The van der Waals surface area contributed by atoms with Gasteiger partial charge in [0.15, 0.2) is 5.16 Å². The Labute approximate surface area is 201 Å². The van der Waals surface area contributed by atoms with Crippen LogP contribution in [0.2, 0.25) is 0 Å². The summed E-state index contributed by atoms with van der Waals surface area (Å²) in [6.07, 6.45) is 8.65. The number of nitrogens with zero attached hydrogens (tertiary/aromatic N) is 2. The molecule has 1 atom stereocenters. The first-order chi connectivity index (χ1) is 16.0. The van der Waals surface area contributed by atoms with E-state index in [2.05, 4.69) is 5.32 Å². The van der Waals surface area contributed by atoms with E-state index in [4.69, 9.17) is 9.72 Å². The summed E-state index contributed by atoms with van der Waals surface area (Å²) in [4.78, 5) is 33.8. The Morgan fingerprint density at radius 2 is 1.91 bits per heavy atom. The van der Waals surface area contributed by atoms with E-state index in [-0.39, 0.29) is 22.8 Å². The Morgan fingerprint density at radius 3 is 2.64 bits per heavy atom. The Balaban J connectivity index is 1.56. The van der Waals surface area contributed by atoms with Crippen molar-refractivity contribution in [2.75, 3.05) is 7.11 Å². The number of benzene rings is 1.